The minimum Gasteiger partial charge on any atom is -0.369 e. The Kier molecular flexibility index (Phi) is 1.36. The molecule has 0 aliphatic rings. The van der Waals surface area contributed by atoms with E-state index in [1.165, 1.54) is 4.70 Å². The molecule has 5 heteroatoms. The molecule has 0 unspecified atom stereocenters. The van der Waals surface area contributed by atoms with Gasteiger partial charge in [-0.25, -0.2) is 4.98 Å². The van der Waals surface area contributed by atoms with Crippen molar-refractivity contribution in [1.82, 2.24) is 14.5 Å². The maximum Gasteiger partial charge on any atom is 0.202 e. The molecule has 3 rings (SSSR count). The van der Waals surface area contributed by atoms with Crippen molar-refractivity contribution in [3.8, 4) is 0 Å². The van der Waals surface area contributed by atoms with Gasteiger partial charge < -0.3 is 10.3 Å². The zero-order valence-corrected chi connectivity index (χ0v) is 8.38. The van der Waals surface area contributed by atoms with E-state index in [4.69, 9.17) is 5.73 Å². The summed E-state index contributed by atoms with van der Waals surface area (Å²) in [5.74, 6) is 0.505. The molecule has 0 aliphatic carbocycles. The number of nitrogen functional groups attached to an aromatic ring is 1. The van der Waals surface area contributed by atoms with E-state index in [9.17, 15) is 0 Å². The smallest absolute Gasteiger partial charge is 0.202 e. The lowest BCUT2D eigenvalue weighted by Crippen LogP contribution is -1.95. The van der Waals surface area contributed by atoms with E-state index in [2.05, 4.69) is 16.0 Å². The van der Waals surface area contributed by atoms with E-state index in [0.29, 0.717) is 5.95 Å². The summed E-state index contributed by atoms with van der Waals surface area (Å²) in [6.07, 6.45) is 0. The Bertz CT molecular complexity index is 622. The predicted molar refractivity (Wildman–Crippen MR) is 58.3 cm³/mol. The van der Waals surface area contributed by atoms with Crippen LogP contribution in [0.2, 0.25) is 0 Å². The lowest BCUT2D eigenvalue weighted by molar-refractivity contribution is 0.966. The average molecular weight is 204 g/mol. The van der Waals surface area contributed by atoms with Crippen molar-refractivity contribution >= 4 is 38.7 Å². The first kappa shape index (κ1) is 7.75. The van der Waals surface area contributed by atoms with Gasteiger partial charge in [0.15, 0.2) is 5.65 Å². The van der Waals surface area contributed by atoms with Gasteiger partial charge in [-0.15, -0.1) is 11.3 Å². The largest absolute Gasteiger partial charge is 0.369 e. The van der Waals surface area contributed by atoms with Gasteiger partial charge >= 0.3 is 0 Å². The van der Waals surface area contributed by atoms with Gasteiger partial charge in [0.05, 0.1) is 15.7 Å². The highest BCUT2D eigenvalue weighted by Crippen LogP contribution is 2.24. The molecule has 0 aromatic carbocycles. The minimum absolute atomic E-state index is 0.505. The molecule has 0 amide bonds. The van der Waals surface area contributed by atoms with Crippen LogP contribution in [0.5, 0.6) is 0 Å². The molecular formula is C9H8N4S. The van der Waals surface area contributed by atoms with Crippen LogP contribution in [-0.2, 0) is 7.05 Å². The van der Waals surface area contributed by atoms with E-state index in [0.717, 1.165) is 16.7 Å². The molecule has 3 heterocycles. The first-order chi connectivity index (χ1) is 6.75. The first-order valence-electron chi connectivity index (χ1n) is 4.22. The summed E-state index contributed by atoms with van der Waals surface area (Å²) in [6, 6.07) is 4.07. The zero-order chi connectivity index (χ0) is 9.71. The Hall–Kier alpha value is -1.62. The molecule has 0 aliphatic heterocycles. The fourth-order valence-corrected chi connectivity index (χ4v) is 2.27. The van der Waals surface area contributed by atoms with Gasteiger partial charge in [-0.1, -0.05) is 0 Å². The van der Waals surface area contributed by atoms with E-state index < -0.39 is 0 Å². The molecule has 14 heavy (non-hydrogen) atoms. The van der Waals surface area contributed by atoms with Gasteiger partial charge in [-0.2, -0.15) is 4.98 Å². The van der Waals surface area contributed by atoms with Gasteiger partial charge in [0.25, 0.3) is 0 Å². The van der Waals surface area contributed by atoms with Crippen molar-refractivity contribution in [1.29, 1.82) is 0 Å². The number of imidazole rings is 1. The third kappa shape index (κ3) is 0.871. The number of pyridine rings is 1. The van der Waals surface area contributed by atoms with Gasteiger partial charge in [-0.05, 0) is 17.5 Å². The molecule has 70 valence electrons. The Morgan fingerprint density at radius 1 is 1.43 bits per heavy atom. The highest BCUT2D eigenvalue weighted by Gasteiger charge is 2.07. The van der Waals surface area contributed by atoms with E-state index >= 15 is 0 Å². The number of hydrogen-bond donors (Lipinski definition) is 1. The van der Waals surface area contributed by atoms with Crippen LogP contribution in [0.25, 0.3) is 21.4 Å². The number of fused-ring (bicyclic) bond motifs is 2. The van der Waals surface area contributed by atoms with Crippen LogP contribution < -0.4 is 5.73 Å². The number of aromatic nitrogens is 3. The van der Waals surface area contributed by atoms with E-state index in [1.54, 1.807) is 11.3 Å². The number of nitrogens with zero attached hydrogens (tertiary/aromatic N) is 3. The highest BCUT2D eigenvalue weighted by atomic mass is 32.1. The first-order valence-corrected chi connectivity index (χ1v) is 5.10. The second kappa shape index (κ2) is 2.45. The summed E-state index contributed by atoms with van der Waals surface area (Å²) in [6.45, 7) is 0. The van der Waals surface area contributed by atoms with Crippen LogP contribution in [0, 0.1) is 0 Å². The average Bonchev–Trinajstić information content (AvgIpc) is 2.70. The van der Waals surface area contributed by atoms with Crippen molar-refractivity contribution in [2.45, 2.75) is 0 Å². The SMILES string of the molecule is Cn1c(N)nc2nc3ccsc3cc21. The number of nitrogens with two attached hydrogens (primary N) is 1. The highest BCUT2D eigenvalue weighted by molar-refractivity contribution is 7.17. The molecule has 0 atom stereocenters. The number of thiophene rings is 1. The second-order valence-corrected chi connectivity index (χ2v) is 4.11. The number of anilines is 1. The lowest BCUT2D eigenvalue weighted by atomic mass is 10.4. The maximum atomic E-state index is 5.70. The lowest BCUT2D eigenvalue weighted by Gasteiger charge is -1.94. The minimum atomic E-state index is 0.505. The Morgan fingerprint density at radius 3 is 3.14 bits per heavy atom. The monoisotopic (exact) mass is 204 g/mol. The Labute approximate surface area is 84.0 Å². The molecule has 0 saturated heterocycles. The van der Waals surface area contributed by atoms with Crippen LogP contribution in [0.1, 0.15) is 0 Å². The molecule has 0 bridgehead atoms. The number of hydrogen-bond acceptors (Lipinski definition) is 4. The van der Waals surface area contributed by atoms with Crippen LogP contribution in [0.15, 0.2) is 17.5 Å². The quantitative estimate of drug-likeness (QED) is 0.607. The van der Waals surface area contributed by atoms with Crippen LogP contribution in [0.3, 0.4) is 0 Å². The fourth-order valence-electron chi connectivity index (χ4n) is 1.51. The van der Waals surface area contributed by atoms with Crippen molar-refractivity contribution < 1.29 is 0 Å². The summed E-state index contributed by atoms with van der Waals surface area (Å²) in [5, 5.41) is 2.03. The summed E-state index contributed by atoms with van der Waals surface area (Å²) in [5.41, 5.74) is 8.39. The van der Waals surface area contributed by atoms with E-state index in [1.807, 2.05) is 23.1 Å². The van der Waals surface area contributed by atoms with Gasteiger partial charge in [0.1, 0.15) is 0 Å². The van der Waals surface area contributed by atoms with Crippen molar-refractivity contribution in [2.75, 3.05) is 5.73 Å². The molecule has 3 aromatic rings. The molecule has 0 spiro atoms. The molecule has 3 aromatic heterocycles. The summed E-state index contributed by atoms with van der Waals surface area (Å²) < 4.78 is 3.02. The summed E-state index contributed by atoms with van der Waals surface area (Å²) in [4.78, 5) is 8.59. The van der Waals surface area contributed by atoms with Crippen LogP contribution in [-0.4, -0.2) is 14.5 Å². The molecule has 2 N–H and O–H groups in total. The van der Waals surface area contributed by atoms with Gasteiger partial charge in [0, 0.05) is 7.05 Å². The topological polar surface area (TPSA) is 56.7 Å². The van der Waals surface area contributed by atoms with Gasteiger partial charge in [0.2, 0.25) is 5.95 Å². The number of rotatable bonds is 0. The fraction of sp³-hybridized carbons (Fsp3) is 0.111. The van der Waals surface area contributed by atoms with Crippen LogP contribution >= 0.6 is 11.3 Å². The predicted octanol–water partition coefficient (Wildman–Crippen LogP) is 1.77. The number of aryl methyl sites for hydroxylation is 1. The molecular weight excluding hydrogens is 196 g/mol. The van der Waals surface area contributed by atoms with Crippen molar-refractivity contribution in [3.63, 3.8) is 0 Å². The molecule has 0 radical (unpaired) electrons. The van der Waals surface area contributed by atoms with E-state index in [-0.39, 0.29) is 0 Å². The summed E-state index contributed by atoms with van der Waals surface area (Å²) >= 11 is 1.68. The maximum absolute atomic E-state index is 5.70. The Balaban J connectivity index is 2.56. The molecule has 4 nitrogen and oxygen atoms in total. The Morgan fingerprint density at radius 2 is 2.29 bits per heavy atom. The van der Waals surface area contributed by atoms with Crippen molar-refractivity contribution in [2.24, 2.45) is 7.05 Å². The normalized spacial score (nSPS) is 11.5. The molecule has 0 saturated carbocycles. The molecule has 0 fully saturated rings. The van der Waals surface area contributed by atoms with Crippen molar-refractivity contribution in [3.05, 3.63) is 17.5 Å². The van der Waals surface area contributed by atoms with Gasteiger partial charge in [-0.3, -0.25) is 0 Å². The summed E-state index contributed by atoms with van der Waals surface area (Å²) in [7, 11) is 1.89. The van der Waals surface area contributed by atoms with Crippen LogP contribution in [0.4, 0.5) is 5.95 Å². The third-order valence-corrected chi connectivity index (χ3v) is 3.18. The third-order valence-electron chi connectivity index (χ3n) is 2.32. The second-order valence-electron chi connectivity index (χ2n) is 3.16. The standard InChI is InChI=1S/C9H8N4S/c1-13-6-4-7-5(2-3-14-7)11-8(6)12-9(13)10/h2-4H,1H3,(H2,10,11,12). The zero-order valence-electron chi connectivity index (χ0n) is 7.56.